The lowest BCUT2D eigenvalue weighted by Crippen LogP contribution is -2.26. The Morgan fingerprint density at radius 3 is 2.71 bits per heavy atom. The topological polar surface area (TPSA) is 124 Å². The number of nitro groups is 1. The van der Waals surface area contributed by atoms with Gasteiger partial charge < -0.3 is 8.98 Å². The molecule has 0 aromatic carbocycles. The van der Waals surface area contributed by atoms with Gasteiger partial charge in [-0.2, -0.15) is 5.26 Å². The van der Waals surface area contributed by atoms with Crippen LogP contribution in [0.3, 0.4) is 0 Å². The third kappa shape index (κ3) is 3.48. The second-order valence-corrected chi connectivity index (χ2v) is 6.29. The fraction of sp³-hybridized carbons (Fsp3) is 0.211. The van der Waals surface area contributed by atoms with Gasteiger partial charge in [0.1, 0.15) is 17.4 Å². The van der Waals surface area contributed by atoms with Crippen LogP contribution in [0.5, 0.6) is 0 Å². The molecular formula is C19H16N4O5. The van der Waals surface area contributed by atoms with Crippen molar-refractivity contribution in [3.63, 3.8) is 0 Å². The SMILES string of the molecule is Cc1cc(C(=O)Cn2cc([N+](=O)[O-])cc(C#N)c2=O)c(C)n1Cc1ccco1. The summed E-state index contributed by atoms with van der Waals surface area (Å²) in [6.07, 6.45) is 2.54. The first-order valence-corrected chi connectivity index (χ1v) is 8.33. The number of carbonyl (C=O) groups is 1. The minimum Gasteiger partial charge on any atom is -0.467 e. The monoisotopic (exact) mass is 380 g/mol. The van der Waals surface area contributed by atoms with E-state index in [9.17, 15) is 19.7 Å². The van der Waals surface area contributed by atoms with Gasteiger partial charge in [-0.15, -0.1) is 0 Å². The molecule has 3 heterocycles. The van der Waals surface area contributed by atoms with Crippen LogP contribution in [0.15, 0.2) is 45.9 Å². The summed E-state index contributed by atoms with van der Waals surface area (Å²) in [5.41, 5.74) is 0.378. The fourth-order valence-electron chi connectivity index (χ4n) is 3.04. The molecule has 0 spiro atoms. The average Bonchev–Trinajstić information content (AvgIpc) is 3.27. The Hall–Kier alpha value is -3.93. The van der Waals surface area contributed by atoms with Gasteiger partial charge in [-0.05, 0) is 32.0 Å². The molecule has 0 fully saturated rings. The van der Waals surface area contributed by atoms with E-state index in [1.807, 2.05) is 17.6 Å². The number of Topliss-reactive ketones (excluding diaryl/α,β-unsaturated/α-hetero) is 1. The van der Waals surface area contributed by atoms with E-state index in [-0.39, 0.29) is 11.3 Å². The maximum atomic E-state index is 12.8. The number of rotatable bonds is 6. The Morgan fingerprint density at radius 2 is 2.11 bits per heavy atom. The minimum absolute atomic E-state index is 0.384. The summed E-state index contributed by atoms with van der Waals surface area (Å²) in [5, 5.41) is 20.0. The van der Waals surface area contributed by atoms with Crippen LogP contribution in [0.2, 0.25) is 0 Å². The number of nitrogens with zero attached hydrogens (tertiary/aromatic N) is 4. The highest BCUT2D eigenvalue weighted by atomic mass is 16.6. The zero-order chi connectivity index (χ0) is 20.4. The van der Waals surface area contributed by atoms with Crippen molar-refractivity contribution in [3.8, 4) is 6.07 Å². The molecule has 0 amide bonds. The normalized spacial score (nSPS) is 10.6. The minimum atomic E-state index is -0.745. The quantitative estimate of drug-likeness (QED) is 0.368. The highest BCUT2D eigenvalue weighted by molar-refractivity contribution is 5.97. The summed E-state index contributed by atoms with van der Waals surface area (Å²) in [4.78, 5) is 35.4. The van der Waals surface area contributed by atoms with E-state index in [1.54, 1.807) is 31.4 Å². The number of nitriles is 1. The van der Waals surface area contributed by atoms with Crippen molar-refractivity contribution in [1.29, 1.82) is 5.26 Å². The molecule has 9 nitrogen and oxygen atoms in total. The van der Waals surface area contributed by atoms with Gasteiger partial charge in [-0.1, -0.05) is 0 Å². The Balaban J connectivity index is 1.94. The summed E-state index contributed by atoms with van der Waals surface area (Å²) in [5.74, 6) is 0.347. The molecule has 3 rings (SSSR count). The van der Waals surface area contributed by atoms with Crippen molar-refractivity contribution >= 4 is 11.5 Å². The first-order valence-electron chi connectivity index (χ1n) is 8.33. The third-order valence-electron chi connectivity index (χ3n) is 4.48. The van der Waals surface area contributed by atoms with Gasteiger partial charge in [0, 0.05) is 23.0 Å². The summed E-state index contributed by atoms with van der Waals surface area (Å²) in [6.45, 7) is 3.67. The van der Waals surface area contributed by atoms with Gasteiger partial charge in [-0.3, -0.25) is 24.3 Å². The molecule has 28 heavy (non-hydrogen) atoms. The molecule has 0 aliphatic heterocycles. The summed E-state index contributed by atoms with van der Waals surface area (Å²) >= 11 is 0. The van der Waals surface area contributed by atoms with Crippen molar-refractivity contribution in [3.05, 3.63) is 85.5 Å². The molecule has 0 radical (unpaired) electrons. The molecule has 0 aliphatic rings. The predicted molar refractivity (Wildman–Crippen MR) is 98.1 cm³/mol. The second-order valence-electron chi connectivity index (χ2n) is 6.29. The predicted octanol–water partition coefficient (Wildman–Crippen LogP) is 2.57. The number of aromatic nitrogens is 2. The molecule has 3 aromatic heterocycles. The van der Waals surface area contributed by atoms with Crippen LogP contribution in [-0.4, -0.2) is 19.8 Å². The largest absolute Gasteiger partial charge is 0.467 e. The molecule has 0 saturated carbocycles. The molecular weight excluding hydrogens is 364 g/mol. The molecule has 0 N–H and O–H groups in total. The standard InChI is InChI=1S/C19H16N4O5/c1-12-6-17(13(2)22(12)10-16-4-3-5-28-16)18(24)11-21-9-15(23(26)27)7-14(8-20)19(21)25/h3-7,9H,10-11H2,1-2H3. The molecule has 0 unspecified atom stereocenters. The van der Waals surface area contributed by atoms with Crippen LogP contribution in [0.25, 0.3) is 0 Å². The van der Waals surface area contributed by atoms with Gasteiger partial charge in [0.15, 0.2) is 5.78 Å². The molecule has 0 atom stereocenters. The Morgan fingerprint density at radius 1 is 1.36 bits per heavy atom. The zero-order valence-corrected chi connectivity index (χ0v) is 15.2. The van der Waals surface area contributed by atoms with E-state index < -0.39 is 22.7 Å². The van der Waals surface area contributed by atoms with Crippen LogP contribution < -0.4 is 5.56 Å². The average molecular weight is 380 g/mol. The number of ketones is 1. The van der Waals surface area contributed by atoms with Crippen LogP contribution in [0.1, 0.15) is 33.1 Å². The highest BCUT2D eigenvalue weighted by Crippen LogP contribution is 2.19. The van der Waals surface area contributed by atoms with Gasteiger partial charge >= 0.3 is 0 Å². The van der Waals surface area contributed by atoms with Crippen molar-refractivity contribution < 1.29 is 14.1 Å². The van der Waals surface area contributed by atoms with E-state index in [2.05, 4.69) is 0 Å². The van der Waals surface area contributed by atoms with Gasteiger partial charge in [0.2, 0.25) is 0 Å². The number of hydrogen-bond acceptors (Lipinski definition) is 6. The zero-order valence-electron chi connectivity index (χ0n) is 15.2. The second kappa shape index (κ2) is 7.36. The highest BCUT2D eigenvalue weighted by Gasteiger charge is 2.20. The fourth-order valence-corrected chi connectivity index (χ4v) is 3.04. The van der Waals surface area contributed by atoms with Crippen molar-refractivity contribution in [2.75, 3.05) is 0 Å². The first-order chi connectivity index (χ1) is 13.3. The van der Waals surface area contributed by atoms with Crippen LogP contribution in [0, 0.1) is 35.3 Å². The maximum Gasteiger partial charge on any atom is 0.287 e. The van der Waals surface area contributed by atoms with E-state index in [1.165, 1.54) is 0 Å². The van der Waals surface area contributed by atoms with E-state index in [4.69, 9.17) is 9.68 Å². The van der Waals surface area contributed by atoms with E-state index >= 15 is 0 Å². The van der Waals surface area contributed by atoms with Gasteiger partial charge in [0.05, 0.1) is 30.5 Å². The van der Waals surface area contributed by atoms with Crippen molar-refractivity contribution in [1.82, 2.24) is 9.13 Å². The van der Waals surface area contributed by atoms with Crippen LogP contribution in [-0.2, 0) is 13.1 Å². The van der Waals surface area contributed by atoms with Crippen LogP contribution >= 0.6 is 0 Å². The van der Waals surface area contributed by atoms with Crippen molar-refractivity contribution in [2.24, 2.45) is 0 Å². The molecule has 0 bridgehead atoms. The number of carbonyl (C=O) groups excluding carboxylic acids is 1. The van der Waals surface area contributed by atoms with Gasteiger partial charge in [0.25, 0.3) is 11.2 Å². The maximum absolute atomic E-state index is 12.8. The lowest BCUT2D eigenvalue weighted by atomic mass is 10.1. The number of aryl methyl sites for hydroxylation is 1. The molecule has 9 heteroatoms. The van der Waals surface area contributed by atoms with Crippen LogP contribution in [0.4, 0.5) is 5.69 Å². The lowest BCUT2D eigenvalue weighted by Gasteiger charge is -2.08. The molecule has 3 aromatic rings. The Labute approximate surface area is 159 Å². The van der Waals surface area contributed by atoms with E-state index in [0.29, 0.717) is 17.8 Å². The summed E-state index contributed by atoms with van der Waals surface area (Å²) in [6, 6.07) is 7.83. The number of furan rings is 1. The molecule has 142 valence electrons. The lowest BCUT2D eigenvalue weighted by molar-refractivity contribution is -0.385. The molecule has 0 aliphatic carbocycles. The smallest absolute Gasteiger partial charge is 0.287 e. The Kier molecular flexibility index (Phi) is 4.96. The number of hydrogen-bond donors (Lipinski definition) is 0. The molecule has 0 saturated heterocycles. The summed E-state index contributed by atoms with van der Waals surface area (Å²) < 4.78 is 8.15. The van der Waals surface area contributed by atoms with Gasteiger partial charge in [-0.25, -0.2) is 0 Å². The van der Waals surface area contributed by atoms with E-state index in [0.717, 1.165) is 28.3 Å². The first kappa shape index (κ1) is 18.8. The Bertz CT molecular complexity index is 1160. The van der Waals surface area contributed by atoms with Crippen molar-refractivity contribution in [2.45, 2.75) is 26.9 Å². The third-order valence-corrected chi connectivity index (χ3v) is 4.48. The number of pyridine rings is 1. The summed E-state index contributed by atoms with van der Waals surface area (Å²) in [7, 11) is 0.